The number of hydrogen-bond acceptors (Lipinski definition) is 4. The molecule has 0 spiro atoms. The van der Waals surface area contributed by atoms with Gasteiger partial charge in [0.2, 0.25) is 0 Å². The van der Waals surface area contributed by atoms with E-state index in [0.717, 1.165) is 6.42 Å². The van der Waals surface area contributed by atoms with Crippen LogP contribution in [-0.4, -0.2) is 26.9 Å². The van der Waals surface area contributed by atoms with Crippen LogP contribution in [0.2, 0.25) is 5.02 Å². The van der Waals surface area contributed by atoms with Crippen molar-refractivity contribution in [3.8, 4) is 0 Å². The third-order valence-corrected chi connectivity index (χ3v) is 4.91. The molecule has 0 atom stereocenters. The largest absolute Gasteiger partial charge is 0.352 e. The van der Waals surface area contributed by atoms with E-state index >= 15 is 0 Å². The molecule has 7 nitrogen and oxygen atoms in total. The molecule has 0 aliphatic carbocycles. The Balaban J connectivity index is 2.13. The lowest BCUT2D eigenvalue weighted by Gasteiger charge is -2.12. The lowest BCUT2D eigenvalue weighted by Crippen LogP contribution is -2.35. The van der Waals surface area contributed by atoms with Crippen LogP contribution >= 0.6 is 11.6 Å². The zero-order chi connectivity index (χ0) is 19.2. The van der Waals surface area contributed by atoms with Gasteiger partial charge < -0.3 is 10.6 Å². The van der Waals surface area contributed by atoms with Gasteiger partial charge in [-0.15, -0.1) is 0 Å². The predicted molar refractivity (Wildman–Crippen MR) is 99.9 cm³/mol. The van der Waals surface area contributed by atoms with Gasteiger partial charge in [-0.2, -0.15) is 0 Å². The van der Waals surface area contributed by atoms with Crippen molar-refractivity contribution in [2.75, 3.05) is 11.9 Å². The second-order valence-electron chi connectivity index (χ2n) is 5.32. The molecule has 26 heavy (non-hydrogen) atoms. The Labute approximate surface area is 156 Å². The van der Waals surface area contributed by atoms with Crippen LogP contribution in [0.3, 0.4) is 0 Å². The highest BCUT2D eigenvalue weighted by Crippen LogP contribution is 2.16. The molecule has 3 N–H and O–H groups in total. The molecule has 0 aromatic heterocycles. The first-order chi connectivity index (χ1) is 12.3. The normalized spacial score (nSPS) is 10.8. The minimum absolute atomic E-state index is 0.106. The van der Waals surface area contributed by atoms with E-state index in [-0.39, 0.29) is 22.1 Å². The maximum absolute atomic E-state index is 12.2. The monoisotopic (exact) mass is 395 g/mol. The molecule has 2 aromatic rings. The third kappa shape index (κ3) is 5.21. The highest BCUT2D eigenvalue weighted by Gasteiger charge is 2.19. The van der Waals surface area contributed by atoms with E-state index in [1.807, 2.05) is 11.6 Å². The summed E-state index contributed by atoms with van der Waals surface area (Å²) >= 11 is 5.73. The van der Waals surface area contributed by atoms with Crippen molar-refractivity contribution in [2.24, 2.45) is 0 Å². The molecule has 0 saturated carbocycles. The highest BCUT2D eigenvalue weighted by molar-refractivity contribution is 7.90. The summed E-state index contributed by atoms with van der Waals surface area (Å²) in [5.41, 5.74) is 0.435. The van der Waals surface area contributed by atoms with Crippen molar-refractivity contribution < 1.29 is 18.0 Å². The predicted octanol–water partition coefficient (Wildman–Crippen LogP) is 2.99. The number of hydrogen-bond donors (Lipinski definition) is 3. The van der Waals surface area contributed by atoms with Gasteiger partial charge in [-0.3, -0.25) is 4.79 Å². The fraction of sp³-hybridized carbons (Fsp3) is 0.176. The number of carbonyl (C=O) groups is 2. The number of anilines is 1. The van der Waals surface area contributed by atoms with Crippen molar-refractivity contribution in [3.63, 3.8) is 0 Å². The number of rotatable bonds is 6. The fourth-order valence-corrected chi connectivity index (χ4v) is 3.10. The molecule has 0 radical (unpaired) electrons. The first kappa shape index (κ1) is 19.7. The van der Waals surface area contributed by atoms with Crippen LogP contribution in [0.25, 0.3) is 0 Å². The number of nitrogens with one attached hydrogen (secondary N) is 3. The van der Waals surface area contributed by atoms with Crippen LogP contribution in [0.15, 0.2) is 53.4 Å². The first-order valence-electron chi connectivity index (χ1n) is 7.80. The molecule has 0 unspecified atom stereocenters. The number of urea groups is 1. The summed E-state index contributed by atoms with van der Waals surface area (Å²) in [7, 11) is -4.06. The SMILES string of the molecule is CCCNC(=O)c1ccccc1NC(=O)NS(=O)(=O)c1ccc(Cl)cc1. The van der Waals surface area contributed by atoms with E-state index < -0.39 is 16.1 Å². The number of sulfonamides is 1. The average molecular weight is 396 g/mol. The quantitative estimate of drug-likeness (QED) is 0.699. The number of benzene rings is 2. The highest BCUT2D eigenvalue weighted by atomic mass is 35.5. The number of para-hydroxylation sites is 1. The Bertz CT molecular complexity index is 898. The van der Waals surface area contributed by atoms with Gasteiger partial charge in [0.05, 0.1) is 16.1 Å². The molecular weight excluding hydrogens is 378 g/mol. The van der Waals surface area contributed by atoms with Crippen LogP contribution in [0.1, 0.15) is 23.7 Å². The van der Waals surface area contributed by atoms with Crippen molar-refractivity contribution in [2.45, 2.75) is 18.2 Å². The van der Waals surface area contributed by atoms with Gasteiger partial charge in [0.1, 0.15) is 0 Å². The molecule has 0 aliphatic rings. The van der Waals surface area contributed by atoms with Crippen molar-refractivity contribution >= 4 is 39.2 Å². The molecule has 3 amide bonds. The molecule has 9 heteroatoms. The topological polar surface area (TPSA) is 104 Å². The summed E-state index contributed by atoms with van der Waals surface area (Å²) < 4.78 is 26.3. The standard InChI is InChI=1S/C17H18ClN3O4S/c1-2-11-19-16(22)14-5-3-4-6-15(14)20-17(23)21-26(24,25)13-9-7-12(18)8-10-13/h3-10H,2,11H2,1H3,(H,19,22)(H2,20,21,23). The van der Waals surface area contributed by atoms with Crippen LogP contribution in [0.5, 0.6) is 0 Å². The second-order valence-corrected chi connectivity index (χ2v) is 7.43. The van der Waals surface area contributed by atoms with E-state index in [4.69, 9.17) is 11.6 Å². The van der Waals surface area contributed by atoms with Gasteiger partial charge >= 0.3 is 6.03 Å². The molecule has 2 rings (SSSR count). The van der Waals surface area contributed by atoms with Crippen molar-refractivity contribution in [1.29, 1.82) is 0 Å². The van der Waals surface area contributed by atoms with Gasteiger partial charge in [-0.25, -0.2) is 17.9 Å². The Morgan fingerprint density at radius 2 is 1.69 bits per heavy atom. The third-order valence-electron chi connectivity index (χ3n) is 3.31. The molecule has 0 fully saturated rings. The zero-order valence-corrected chi connectivity index (χ0v) is 15.5. The summed E-state index contributed by atoms with van der Waals surface area (Å²) in [5, 5.41) is 5.46. The van der Waals surface area contributed by atoms with Crippen LogP contribution < -0.4 is 15.4 Å². The molecule has 0 saturated heterocycles. The van der Waals surface area contributed by atoms with E-state index in [0.29, 0.717) is 11.6 Å². The second kappa shape index (κ2) is 8.68. The Hall–Kier alpha value is -2.58. The molecular formula is C17H18ClN3O4S. The number of carbonyl (C=O) groups excluding carboxylic acids is 2. The van der Waals surface area contributed by atoms with Crippen LogP contribution in [0, 0.1) is 0 Å². The van der Waals surface area contributed by atoms with Crippen LogP contribution in [-0.2, 0) is 10.0 Å². The zero-order valence-electron chi connectivity index (χ0n) is 14.0. The smallest absolute Gasteiger partial charge is 0.333 e. The molecule has 0 heterocycles. The summed E-state index contributed by atoms with van der Waals surface area (Å²) in [4.78, 5) is 24.1. The van der Waals surface area contributed by atoms with Gasteiger partial charge in [-0.1, -0.05) is 30.7 Å². The van der Waals surface area contributed by atoms with E-state index in [1.54, 1.807) is 12.1 Å². The number of halogens is 1. The maximum atomic E-state index is 12.2. The lowest BCUT2D eigenvalue weighted by molar-refractivity contribution is 0.0954. The van der Waals surface area contributed by atoms with Crippen LogP contribution in [0.4, 0.5) is 10.5 Å². The molecule has 2 aromatic carbocycles. The number of amides is 3. The Kier molecular flexibility index (Phi) is 6.59. The average Bonchev–Trinajstić information content (AvgIpc) is 2.60. The van der Waals surface area contributed by atoms with E-state index in [1.165, 1.54) is 36.4 Å². The van der Waals surface area contributed by atoms with Crippen molar-refractivity contribution in [1.82, 2.24) is 10.0 Å². The summed E-state index contributed by atoms with van der Waals surface area (Å²) in [6.07, 6.45) is 0.765. The van der Waals surface area contributed by atoms with Crippen molar-refractivity contribution in [3.05, 3.63) is 59.1 Å². The fourth-order valence-electron chi connectivity index (χ4n) is 2.07. The van der Waals surface area contributed by atoms with Gasteiger partial charge in [0, 0.05) is 11.6 Å². The molecule has 0 bridgehead atoms. The Morgan fingerprint density at radius 1 is 1.04 bits per heavy atom. The maximum Gasteiger partial charge on any atom is 0.333 e. The minimum atomic E-state index is -4.06. The van der Waals surface area contributed by atoms with E-state index in [2.05, 4.69) is 10.6 Å². The Morgan fingerprint density at radius 3 is 2.35 bits per heavy atom. The summed E-state index contributed by atoms with van der Waals surface area (Å²) in [5.74, 6) is -0.358. The minimum Gasteiger partial charge on any atom is -0.352 e. The van der Waals surface area contributed by atoms with Gasteiger partial charge in [0.25, 0.3) is 15.9 Å². The van der Waals surface area contributed by atoms with Gasteiger partial charge in [-0.05, 0) is 42.8 Å². The first-order valence-corrected chi connectivity index (χ1v) is 9.66. The van der Waals surface area contributed by atoms with E-state index in [9.17, 15) is 18.0 Å². The molecule has 0 aliphatic heterocycles. The molecule has 138 valence electrons. The van der Waals surface area contributed by atoms with Gasteiger partial charge in [0.15, 0.2) is 0 Å². The lowest BCUT2D eigenvalue weighted by atomic mass is 10.1. The summed E-state index contributed by atoms with van der Waals surface area (Å²) in [6, 6.07) is 10.7. The summed E-state index contributed by atoms with van der Waals surface area (Å²) in [6.45, 7) is 2.41.